The Morgan fingerprint density at radius 2 is 0.810 bits per heavy atom. The van der Waals surface area contributed by atoms with Crippen molar-refractivity contribution in [1.82, 2.24) is 63.8 Å². The molecule has 476 valence electrons. The third-order valence-corrected chi connectivity index (χ3v) is 13.1. The van der Waals surface area contributed by atoms with Crippen LogP contribution >= 0.6 is 0 Å². The first-order chi connectivity index (χ1) is 39.3. The fourth-order valence-corrected chi connectivity index (χ4v) is 7.82. The summed E-state index contributed by atoms with van der Waals surface area (Å²) in [6, 6.07) is -14.8. The Morgan fingerprint density at radius 1 is 0.440 bits per heavy atom. The number of rotatable bonds is 42. The summed E-state index contributed by atoms with van der Waals surface area (Å²) in [6.45, 7) is 9.37. The molecular weight excluding hydrogens is 1110 g/mol. The second-order valence-corrected chi connectivity index (χ2v) is 20.1. The van der Waals surface area contributed by atoms with E-state index in [9.17, 15) is 77.6 Å². The molecule has 11 amide bonds. The summed E-state index contributed by atoms with van der Waals surface area (Å²) >= 11 is 0. The summed E-state index contributed by atoms with van der Waals surface area (Å²) in [7, 11) is 0. The van der Waals surface area contributed by atoms with Gasteiger partial charge in [0.1, 0.15) is 60.4 Å². The molecule has 0 rings (SSSR count). The molecule has 0 radical (unpaired) electrons. The van der Waals surface area contributed by atoms with Gasteiger partial charge in [0.25, 0.3) is 0 Å². The van der Waals surface area contributed by atoms with E-state index >= 15 is 0 Å². The molecule has 0 aromatic heterocycles. The van der Waals surface area contributed by atoms with E-state index in [1.165, 1.54) is 6.92 Å². The average Bonchev–Trinajstić information content (AvgIpc) is 3.63. The van der Waals surface area contributed by atoms with Crippen molar-refractivity contribution in [2.45, 2.75) is 186 Å². The molecule has 34 nitrogen and oxygen atoms in total. The van der Waals surface area contributed by atoms with Gasteiger partial charge in [-0.2, -0.15) is 0 Å². The third kappa shape index (κ3) is 30.0. The summed E-state index contributed by atoms with van der Waals surface area (Å²) in [5, 5.41) is 73.3. The number of aliphatic hydroxyl groups excluding tert-OH is 1. The highest BCUT2D eigenvalue weighted by molar-refractivity contribution is 5.99. The molecule has 25 N–H and O–H groups in total. The molecule has 0 aliphatic carbocycles. The second kappa shape index (κ2) is 39.9. The number of nitrogens with two attached hydrogens (primary N) is 4. The first-order valence-corrected chi connectivity index (χ1v) is 27.5. The molecule has 0 bridgehead atoms. The summed E-state index contributed by atoms with van der Waals surface area (Å²) < 4.78 is 0. The molecule has 12 atom stereocenters. The predicted molar refractivity (Wildman–Crippen MR) is 302 cm³/mol. The zero-order chi connectivity index (χ0) is 64.4. The van der Waals surface area contributed by atoms with E-state index < -0.39 is 175 Å². The lowest BCUT2D eigenvalue weighted by atomic mass is 9.97. The number of amides is 11. The average molecular weight is 1200 g/mol. The molecule has 0 aromatic carbocycles. The van der Waals surface area contributed by atoms with Crippen molar-refractivity contribution < 1.29 is 77.6 Å². The fourth-order valence-electron chi connectivity index (χ4n) is 7.82. The van der Waals surface area contributed by atoms with Crippen LogP contribution in [-0.4, -0.2) is 191 Å². The van der Waals surface area contributed by atoms with Gasteiger partial charge < -0.3 is 102 Å². The number of carboxylic acids is 2. The van der Waals surface area contributed by atoms with Crippen LogP contribution in [0.15, 0.2) is 0 Å². The summed E-state index contributed by atoms with van der Waals surface area (Å²) in [5.74, 6) is -15.1. The standard InChI is InChI=1S/C50H90N18O16/c1-8-24(3)37(39(52)75)67-41(77)27(6)60-48(84)38(25(4)9-2)68-46(82)33(22-36(73)74)65-40(76)26(5)59-47(83)34(23-69)66-44(80)31(16-13-21-58-50(55)56)64-43(79)30(15-12-20-57-49(53)54)63-42(78)29(14-10-11-19-51)62-45(81)32(61-28(7)70)17-18-35(71)72/h24-27,29-34,37-38,69H,8-23,51H2,1-7H3,(H2,52,75)(H,59,83)(H,60,84)(H,61,70)(H,62,81)(H,63,78)(H,64,79)(H,65,76)(H,66,80)(H,67,77)(H,68,82)(H,71,72)(H,73,74)(H4,53,54,57)(H4,55,56,58)/t24-,25-,26-,27-,29-,30-,31-,32-,33-,34-,37-,38-/m0/s1. The van der Waals surface area contributed by atoms with Crippen LogP contribution in [0.4, 0.5) is 0 Å². The van der Waals surface area contributed by atoms with Crippen molar-refractivity contribution in [3.05, 3.63) is 0 Å². The first-order valence-electron chi connectivity index (χ1n) is 27.5. The van der Waals surface area contributed by atoms with E-state index in [0.29, 0.717) is 12.8 Å². The van der Waals surface area contributed by atoms with Crippen molar-refractivity contribution in [3.63, 3.8) is 0 Å². The Labute approximate surface area is 486 Å². The number of carboxylic acid groups (broad SMARTS) is 2. The van der Waals surface area contributed by atoms with E-state index in [2.05, 4.69) is 63.8 Å². The van der Waals surface area contributed by atoms with Crippen LogP contribution in [0.2, 0.25) is 0 Å². The third-order valence-electron chi connectivity index (χ3n) is 13.1. The number of guanidine groups is 2. The van der Waals surface area contributed by atoms with Gasteiger partial charge >= 0.3 is 11.9 Å². The van der Waals surface area contributed by atoms with Gasteiger partial charge in [-0.1, -0.05) is 40.5 Å². The molecule has 0 aromatic rings. The van der Waals surface area contributed by atoms with Gasteiger partial charge in [-0.15, -0.1) is 0 Å². The number of hydrogen-bond acceptors (Lipinski definition) is 17. The van der Waals surface area contributed by atoms with Crippen LogP contribution in [-0.2, 0) is 62.3 Å². The molecule has 0 saturated heterocycles. The van der Waals surface area contributed by atoms with Crippen LogP contribution in [0.25, 0.3) is 0 Å². The quantitative estimate of drug-likeness (QED) is 0.0153. The molecule has 0 spiro atoms. The van der Waals surface area contributed by atoms with E-state index in [1.807, 2.05) is 0 Å². The highest BCUT2D eigenvalue weighted by Crippen LogP contribution is 2.12. The van der Waals surface area contributed by atoms with Gasteiger partial charge in [0.15, 0.2) is 11.9 Å². The zero-order valence-electron chi connectivity index (χ0n) is 48.7. The maximum atomic E-state index is 14.2. The maximum Gasteiger partial charge on any atom is 0.305 e. The molecule has 0 saturated carbocycles. The van der Waals surface area contributed by atoms with E-state index in [1.54, 1.807) is 27.7 Å². The molecule has 0 heterocycles. The predicted octanol–water partition coefficient (Wildman–Crippen LogP) is -6.54. The smallest absolute Gasteiger partial charge is 0.305 e. The monoisotopic (exact) mass is 1200 g/mol. The van der Waals surface area contributed by atoms with Crippen molar-refractivity contribution in [2.75, 3.05) is 26.2 Å². The topological polar surface area (TPSA) is 579 Å². The Hall–Kier alpha value is -8.43. The minimum Gasteiger partial charge on any atom is -0.481 e. The summed E-state index contributed by atoms with van der Waals surface area (Å²) in [4.78, 5) is 170. The molecule has 0 unspecified atom stereocenters. The number of aliphatic carboxylic acids is 2. The van der Waals surface area contributed by atoms with Crippen molar-refractivity contribution in [1.29, 1.82) is 10.8 Å². The largest absolute Gasteiger partial charge is 0.481 e. The summed E-state index contributed by atoms with van der Waals surface area (Å²) in [6.07, 6.45) is -0.796. The van der Waals surface area contributed by atoms with Crippen LogP contribution in [0.1, 0.15) is 126 Å². The van der Waals surface area contributed by atoms with Gasteiger partial charge in [0, 0.05) is 26.4 Å². The van der Waals surface area contributed by atoms with Gasteiger partial charge in [0.2, 0.25) is 65.0 Å². The van der Waals surface area contributed by atoms with E-state index in [0.717, 1.165) is 13.8 Å². The van der Waals surface area contributed by atoms with Crippen LogP contribution < -0.4 is 86.7 Å². The van der Waals surface area contributed by atoms with Crippen LogP contribution in [0, 0.1) is 22.7 Å². The Morgan fingerprint density at radius 3 is 1.20 bits per heavy atom. The van der Waals surface area contributed by atoms with Crippen molar-refractivity contribution in [3.8, 4) is 0 Å². The number of unbranched alkanes of at least 4 members (excludes halogenated alkanes) is 1. The number of aliphatic hydroxyl groups is 1. The molecule has 84 heavy (non-hydrogen) atoms. The van der Waals surface area contributed by atoms with Gasteiger partial charge in [0.05, 0.1) is 13.0 Å². The van der Waals surface area contributed by atoms with Gasteiger partial charge in [-0.3, -0.25) is 73.1 Å². The number of nitrogens with one attached hydrogen (secondary N) is 14. The normalized spacial score (nSPS) is 15.2. The Kier molecular flexibility index (Phi) is 35.9. The molecule has 0 fully saturated rings. The van der Waals surface area contributed by atoms with Gasteiger partial charge in [-0.25, -0.2) is 0 Å². The highest BCUT2D eigenvalue weighted by Gasteiger charge is 2.36. The molecule has 0 aliphatic heterocycles. The lowest BCUT2D eigenvalue weighted by molar-refractivity contribution is -0.142. The SMILES string of the molecule is CC[C@H](C)[C@H](NC(=O)[C@H](C)NC(=O)[C@@H](NC(=O)[C@H](CC(=O)O)NC(=O)[C@H](C)NC(=O)[C@H](CO)NC(=O)[C@H](CCCNC(=N)N)NC(=O)[C@H](CCCNC(=N)N)NC(=O)[C@H](CCCCN)NC(=O)[C@H](CCC(=O)O)NC(C)=O)[C@@H](C)CC)C(N)=O. The lowest BCUT2D eigenvalue weighted by Gasteiger charge is -2.28. The number of carbonyl (C=O) groups excluding carboxylic acids is 11. The lowest BCUT2D eigenvalue weighted by Crippen LogP contribution is -2.61. The summed E-state index contributed by atoms with van der Waals surface area (Å²) in [5.41, 5.74) is 21.9. The van der Waals surface area contributed by atoms with Crippen LogP contribution in [0.5, 0.6) is 0 Å². The minimum absolute atomic E-state index is 0.0124. The molecule has 34 heteroatoms. The van der Waals surface area contributed by atoms with Crippen molar-refractivity contribution >= 4 is 88.8 Å². The number of hydrogen-bond donors (Lipinski definition) is 21. The first kappa shape index (κ1) is 75.6. The molecular formula is C50H90N18O16. The number of primary amides is 1. The molecule has 0 aliphatic rings. The van der Waals surface area contributed by atoms with Crippen molar-refractivity contribution in [2.24, 2.45) is 34.8 Å². The second-order valence-electron chi connectivity index (χ2n) is 20.1. The van der Waals surface area contributed by atoms with Crippen LogP contribution in [0.3, 0.4) is 0 Å². The Balaban J connectivity index is 6.65. The van der Waals surface area contributed by atoms with E-state index in [4.69, 9.17) is 33.8 Å². The van der Waals surface area contributed by atoms with Gasteiger partial charge in [-0.05, 0) is 83.6 Å². The highest BCUT2D eigenvalue weighted by atomic mass is 16.4. The number of carbonyl (C=O) groups is 13. The Bertz CT molecular complexity index is 2290. The minimum atomic E-state index is -1.87. The zero-order valence-corrected chi connectivity index (χ0v) is 48.7. The fraction of sp³-hybridized carbons (Fsp3) is 0.700. The van der Waals surface area contributed by atoms with E-state index in [-0.39, 0.29) is 76.9 Å². The maximum absolute atomic E-state index is 14.2.